The molecule has 0 aliphatic carbocycles. The minimum absolute atomic E-state index is 0.0318. The van der Waals surface area contributed by atoms with Crippen LogP contribution in [0.15, 0.2) is 42.5 Å². The quantitative estimate of drug-likeness (QED) is 0.169. The predicted octanol–water partition coefficient (Wildman–Crippen LogP) is 7.27. The van der Waals surface area contributed by atoms with Crippen LogP contribution in [0.25, 0.3) is 11.0 Å². The Bertz CT molecular complexity index is 1110. The molecule has 0 atom stereocenters. The van der Waals surface area contributed by atoms with Crippen molar-refractivity contribution < 1.29 is 14.3 Å². The average molecular weight is 522 g/mol. The van der Waals surface area contributed by atoms with Crippen LogP contribution >= 0.6 is 0 Å². The number of fused-ring (bicyclic) bond motifs is 1. The van der Waals surface area contributed by atoms with Crippen molar-refractivity contribution in [1.29, 1.82) is 0 Å². The second-order valence-corrected chi connectivity index (χ2v) is 10.2. The van der Waals surface area contributed by atoms with Crippen molar-refractivity contribution in [3.8, 4) is 11.5 Å². The number of hydrogen-bond donors (Lipinski definition) is 1. The number of para-hydroxylation sites is 2. The fourth-order valence-corrected chi connectivity index (χ4v) is 5.02. The lowest BCUT2D eigenvalue weighted by atomic mass is 10.1. The van der Waals surface area contributed by atoms with Gasteiger partial charge in [-0.2, -0.15) is 0 Å². The van der Waals surface area contributed by atoms with Crippen LogP contribution in [0, 0.1) is 0 Å². The third kappa shape index (κ3) is 9.38. The average Bonchev–Trinajstić information content (AvgIpc) is 3.29. The van der Waals surface area contributed by atoms with Gasteiger partial charge in [-0.3, -0.25) is 4.79 Å². The van der Waals surface area contributed by atoms with Crippen LogP contribution in [-0.2, 0) is 24.2 Å². The van der Waals surface area contributed by atoms with Crippen LogP contribution in [0.3, 0.4) is 0 Å². The van der Waals surface area contributed by atoms with Crippen molar-refractivity contribution in [2.75, 3.05) is 20.8 Å². The maximum absolute atomic E-state index is 12.4. The summed E-state index contributed by atoms with van der Waals surface area (Å²) in [6.45, 7) is 4.02. The van der Waals surface area contributed by atoms with Gasteiger partial charge in [-0.1, -0.05) is 76.5 Å². The second kappa shape index (κ2) is 16.7. The van der Waals surface area contributed by atoms with Crippen molar-refractivity contribution in [3.05, 3.63) is 53.9 Å². The molecule has 3 aromatic rings. The highest BCUT2D eigenvalue weighted by Crippen LogP contribution is 2.27. The molecule has 0 saturated carbocycles. The van der Waals surface area contributed by atoms with Gasteiger partial charge < -0.3 is 19.4 Å². The third-order valence-electron chi connectivity index (χ3n) is 7.18. The Morgan fingerprint density at radius 2 is 1.55 bits per heavy atom. The summed E-state index contributed by atoms with van der Waals surface area (Å²) in [6.07, 6.45) is 15.1. The van der Waals surface area contributed by atoms with Crippen LogP contribution in [0.1, 0.15) is 88.9 Å². The summed E-state index contributed by atoms with van der Waals surface area (Å²) in [6, 6.07) is 14.1. The van der Waals surface area contributed by atoms with Crippen LogP contribution in [0.2, 0.25) is 0 Å². The molecule has 0 aliphatic heterocycles. The van der Waals surface area contributed by atoms with Gasteiger partial charge in [0.15, 0.2) is 11.5 Å². The highest BCUT2D eigenvalue weighted by Gasteiger charge is 2.11. The van der Waals surface area contributed by atoms with Crippen molar-refractivity contribution in [2.24, 2.45) is 0 Å². The van der Waals surface area contributed by atoms with Gasteiger partial charge >= 0.3 is 0 Å². The molecule has 6 heteroatoms. The molecule has 38 heavy (non-hydrogen) atoms. The summed E-state index contributed by atoms with van der Waals surface area (Å²) in [4.78, 5) is 17.3. The van der Waals surface area contributed by atoms with Gasteiger partial charge in [0.2, 0.25) is 5.91 Å². The number of imidazole rings is 1. The second-order valence-electron chi connectivity index (χ2n) is 10.2. The molecule has 0 unspecified atom stereocenters. The maximum atomic E-state index is 12.4. The van der Waals surface area contributed by atoms with Gasteiger partial charge in [0.05, 0.1) is 31.7 Å². The van der Waals surface area contributed by atoms with Crippen LogP contribution in [0.5, 0.6) is 11.5 Å². The monoisotopic (exact) mass is 521 g/mol. The number of carbonyl (C=O) groups excluding carboxylic acids is 1. The van der Waals surface area contributed by atoms with Crippen LogP contribution < -0.4 is 14.8 Å². The van der Waals surface area contributed by atoms with Crippen molar-refractivity contribution in [3.63, 3.8) is 0 Å². The molecule has 0 radical (unpaired) electrons. The number of aryl methyl sites for hydroxylation is 2. The fraction of sp³-hybridized carbons (Fsp3) is 0.562. The number of carbonyl (C=O) groups is 1. The molecule has 0 saturated heterocycles. The number of amides is 1. The zero-order chi connectivity index (χ0) is 27.0. The maximum Gasteiger partial charge on any atom is 0.224 e. The van der Waals surface area contributed by atoms with E-state index in [1.807, 2.05) is 18.2 Å². The Kier molecular flexibility index (Phi) is 13.0. The lowest BCUT2D eigenvalue weighted by Crippen LogP contribution is -2.26. The fourth-order valence-electron chi connectivity index (χ4n) is 5.02. The van der Waals surface area contributed by atoms with E-state index in [-0.39, 0.29) is 5.91 Å². The summed E-state index contributed by atoms with van der Waals surface area (Å²) in [5.41, 5.74) is 3.27. The Labute approximate surface area is 229 Å². The number of rotatable bonds is 19. The molecule has 0 aliphatic rings. The molecule has 1 aromatic heterocycles. The first-order chi connectivity index (χ1) is 18.7. The zero-order valence-corrected chi connectivity index (χ0v) is 23.8. The van der Waals surface area contributed by atoms with E-state index in [0.29, 0.717) is 24.5 Å². The normalized spacial score (nSPS) is 11.1. The summed E-state index contributed by atoms with van der Waals surface area (Å²) in [5.74, 6) is 2.55. The van der Waals surface area contributed by atoms with E-state index in [0.717, 1.165) is 43.3 Å². The number of methoxy groups -OCH3 is 2. The van der Waals surface area contributed by atoms with Gasteiger partial charge in [0.1, 0.15) is 5.82 Å². The number of ether oxygens (including phenoxy) is 2. The molecule has 1 N–H and O–H groups in total. The predicted molar refractivity (Wildman–Crippen MR) is 156 cm³/mol. The molecule has 1 heterocycles. The topological polar surface area (TPSA) is 65.4 Å². The number of benzene rings is 2. The lowest BCUT2D eigenvalue weighted by molar-refractivity contribution is -0.120. The Balaban J connectivity index is 1.38. The van der Waals surface area contributed by atoms with Crippen molar-refractivity contribution in [1.82, 2.24) is 14.9 Å². The van der Waals surface area contributed by atoms with Gasteiger partial charge in [-0.15, -0.1) is 0 Å². The Morgan fingerprint density at radius 3 is 2.32 bits per heavy atom. The highest BCUT2D eigenvalue weighted by molar-refractivity contribution is 5.78. The Hall–Kier alpha value is -3.02. The van der Waals surface area contributed by atoms with E-state index in [2.05, 4.69) is 41.1 Å². The molecule has 0 bridgehead atoms. The van der Waals surface area contributed by atoms with E-state index < -0.39 is 0 Å². The van der Waals surface area contributed by atoms with Gasteiger partial charge in [0.25, 0.3) is 0 Å². The van der Waals surface area contributed by atoms with Gasteiger partial charge in [-0.05, 0) is 49.1 Å². The molecule has 208 valence electrons. The van der Waals surface area contributed by atoms with Gasteiger partial charge in [-0.25, -0.2) is 4.98 Å². The summed E-state index contributed by atoms with van der Waals surface area (Å²) in [7, 11) is 3.21. The number of unbranched alkanes of at least 4 members (excludes halogenated alkanes) is 9. The van der Waals surface area contributed by atoms with E-state index in [4.69, 9.17) is 14.5 Å². The smallest absolute Gasteiger partial charge is 0.224 e. The van der Waals surface area contributed by atoms with Crippen molar-refractivity contribution >= 4 is 16.9 Å². The molecular formula is C32H47N3O3. The molecule has 0 fully saturated rings. The van der Waals surface area contributed by atoms with E-state index in [1.54, 1.807) is 14.2 Å². The molecule has 1 amide bonds. The standard InChI is InChI=1S/C32H47N3O3/c1-4-5-6-7-8-9-10-16-23-35-28-18-14-13-17-27(28)34-31(35)19-12-11-15-22-33-32(36)25-26-20-21-29(37-2)30(24-26)38-3/h13-14,17-18,20-21,24H,4-12,15-16,19,22-23,25H2,1-3H3,(H,33,36). The third-order valence-corrected chi connectivity index (χ3v) is 7.18. The minimum atomic E-state index is 0.0318. The summed E-state index contributed by atoms with van der Waals surface area (Å²) >= 11 is 0. The van der Waals surface area contributed by atoms with E-state index in [9.17, 15) is 4.79 Å². The van der Waals surface area contributed by atoms with Crippen molar-refractivity contribution in [2.45, 2.75) is 96.9 Å². The van der Waals surface area contributed by atoms with Gasteiger partial charge in [0, 0.05) is 19.5 Å². The summed E-state index contributed by atoms with van der Waals surface area (Å²) in [5, 5.41) is 3.05. The molecular weight excluding hydrogens is 474 g/mol. The largest absolute Gasteiger partial charge is 0.493 e. The molecule has 2 aromatic carbocycles. The minimum Gasteiger partial charge on any atom is -0.493 e. The van der Waals surface area contributed by atoms with E-state index in [1.165, 1.54) is 62.7 Å². The first-order valence-corrected chi connectivity index (χ1v) is 14.6. The highest BCUT2D eigenvalue weighted by atomic mass is 16.5. The molecule has 0 spiro atoms. The molecule has 3 rings (SSSR count). The Morgan fingerprint density at radius 1 is 0.842 bits per heavy atom. The van der Waals surface area contributed by atoms with E-state index >= 15 is 0 Å². The lowest BCUT2D eigenvalue weighted by Gasteiger charge is -2.10. The summed E-state index contributed by atoms with van der Waals surface area (Å²) < 4.78 is 13.0. The number of aromatic nitrogens is 2. The first kappa shape index (κ1) is 29.5. The number of nitrogens with one attached hydrogen (secondary N) is 1. The number of hydrogen-bond acceptors (Lipinski definition) is 4. The van der Waals surface area contributed by atoms with Crippen LogP contribution in [0.4, 0.5) is 0 Å². The first-order valence-electron chi connectivity index (χ1n) is 14.6. The number of nitrogens with zero attached hydrogens (tertiary/aromatic N) is 2. The zero-order valence-electron chi connectivity index (χ0n) is 23.8. The molecule has 6 nitrogen and oxygen atoms in total. The SMILES string of the molecule is CCCCCCCCCCn1c(CCCCCNC(=O)Cc2ccc(OC)c(OC)c2)nc2ccccc21. The van der Waals surface area contributed by atoms with Crippen LogP contribution in [-0.4, -0.2) is 36.2 Å².